The van der Waals surface area contributed by atoms with E-state index < -0.39 is 0 Å². The van der Waals surface area contributed by atoms with E-state index in [1.54, 1.807) is 11.3 Å². The largest absolute Gasteiger partial charge is 0.365 e. The first-order valence-corrected chi connectivity index (χ1v) is 7.76. The Hall–Kier alpha value is -1.03. The standard InChI is InChI=1S/C15H19ClN2S/c1-2-18(11-13-4-3-9-19-13)15-6-5-12(7-8-17)10-14(15)16/h3-6,9-10H,2,7-8,11,17H2,1H3. The highest BCUT2D eigenvalue weighted by atomic mass is 35.5. The van der Waals surface area contributed by atoms with Crippen LogP contribution in [-0.4, -0.2) is 13.1 Å². The van der Waals surface area contributed by atoms with Gasteiger partial charge in [0, 0.05) is 11.4 Å². The Bertz CT molecular complexity index is 511. The first kappa shape index (κ1) is 14.4. The minimum absolute atomic E-state index is 0.655. The molecule has 2 aromatic rings. The van der Waals surface area contributed by atoms with Crippen molar-refractivity contribution in [2.45, 2.75) is 19.9 Å². The van der Waals surface area contributed by atoms with Crippen LogP contribution in [0.25, 0.3) is 0 Å². The second kappa shape index (κ2) is 6.94. The van der Waals surface area contributed by atoms with Crippen molar-refractivity contribution in [2.24, 2.45) is 5.73 Å². The maximum atomic E-state index is 6.40. The van der Waals surface area contributed by atoms with Gasteiger partial charge in [-0.2, -0.15) is 0 Å². The molecule has 19 heavy (non-hydrogen) atoms. The van der Waals surface area contributed by atoms with Crippen LogP contribution in [-0.2, 0) is 13.0 Å². The molecule has 0 amide bonds. The minimum atomic E-state index is 0.655. The molecule has 0 unspecified atom stereocenters. The first-order chi connectivity index (χ1) is 9.24. The second-order valence-corrected chi connectivity index (χ2v) is 5.86. The lowest BCUT2D eigenvalue weighted by atomic mass is 10.1. The minimum Gasteiger partial charge on any atom is -0.365 e. The van der Waals surface area contributed by atoms with Crippen molar-refractivity contribution >= 4 is 28.6 Å². The van der Waals surface area contributed by atoms with Crippen LogP contribution in [0.15, 0.2) is 35.7 Å². The Morgan fingerprint density at radius 2 is 2.16 bits per heavy atom. The monoisotopic (exact) mass is 294 g/mol. The van der Waals surface area contributed by atoms with Crippen molar-refractivity contribution in [3.05, 3.63) is 51.2 Å². The van der Waals surface area contributed by atoms with Crippen molar-refractivity contribution in [3.63, 3.8) is 0 Å². The molecule has 2 nitrogen and oxygen atoms in total. The number of anilines is 1. The zero-order valence-electron chi connectivity index (χ0n) is 11.1. The number of hydrogen-bond donors (Lipinski definition) is 1. The van der Waals surface area contributed by atoms with Crippen LogP contribution in [0.4, 0.5) is 5.69 Å². The predicted molar refractivity (Wildman–Crippen MR) is 85.3 cm³/mol. The average molecular weight is 295 g/mol. The van der Waals surface area contributed by atoms with Crippen LogP contribution < -0.4 is 10.6 Å². The van der Waals surface area contributed by atoms with Gasteiger partial charge in [0.15, 0.2) is 0 Å². The second-order valence-electron chi connectivity index (χ2n) is 4.42. The van der Waals surface area contributed by atoms with Crippen molar-refractivity contribution in [1.82, 2.24) is 0 Å². The lowest BCUT2D eigenvalue weighted by Gasteiger charge is -2.24. The third-order valence-electron chi connectivity index (χ3n) is 3.09. The third kappa shape index (κ3) is 3.72. The van der Waals surface area contributed by atoms with Gasteiger partial charge in [-0.1, -0.05) is 23.7 Å². The van der Waals surface area contributed by atoms with Crippen molar-refractivity contribution in [2.75, 3.05) is 18.0 Å². The summed E-state index contributed by atoms with van der Waals surface area (Å²) in [7, 11) is 0. The van der Waals surface area contributed by atoms with Crippen LogP contribution in [0, 0.1) is 0 Å². The van der Waals surface area contributed by atoms with E-state index in [1.807, 2.05) is 6.07 Å². The molecule has 0 aliphatic heterocycles. The quantitative estimate of drug-likeness (QED) is 0.875. The summed E-state index contributed by atoms with van der Waals surface area (Å²) in [6.45, 7) is 4.65. The zero-order valence-corrected chi connectivity index (χ0v) is 12.7. The number of hydrogen-bond acceptors (Lipinski definition) is 3. The summed E-state index contributed by atoms with van der Waals surface area (Å²) in [5, 5.41) is 2.92. The van der Waals surface area contributed by atoms with E-state index >= 15 is 0 Å². The van der Waals surface area contributed by atoms with Gasteiger partial charge in [-0.25, -0.2) is 0 Å². The molecule has 0 radical (unpaired) electrons. The summed E-state index contributed by atoms with van der Waals surface area (Å²) >= 11 is 8.18. The van der Waals surface area contributed by atoms with Gasteiger partial charge in [-0.3, -0.25) is 0 Å². The number of rotatable bonds is 6. The van der Waals surface area contributed by atoms with Crippen LogP contribution in [0.2, 0.25) is 5.02 Å². The van der Waals surface area contributed by atoms with Crippen LogP contribution in [0.1, 0.15) is 17.4 Å². The molecule has 102 valence electrons. The van der Waals surface area contributed by atoms with Gasteiger partial charge < -0.3 is 10.6 Å². The predicted octanol–water partition coefficient (Wildman–Crippen LogP) is 3.93. The van der Waals surface area contributed by atoms with E-state index in [4.69, 9.17) is 17.3 Å². The summed E-state index contributed by atoms with van der Waals surface area (Å²) in [6, 6.07) is 10.5. The molecule has 1 aromatic carbocycles. The zero-order chi connectivity index (χ0) is 13.7. The van der Waals surface area contributed by atoms with Crippen LogP contribution >= 0.6 is 22.9 Å². The molecule has 2 rings (SSSR count). The summed E-state index contributed by atoms with van der Waals surface area (Å²) in [5.74, 6) is 0. The Kier molecular flexibility index (Phi) is 5.25. The molecule has 1 heterocycles. The van der Waals surface area contributed by atoms with Crippen LogP contribution in [0.5, 0.6) is 0 Å². The topological polar surface area (TPSA) is 29.3 Å². The molecule has 0 aliphatic rings. The smallest absolute Gasteiger partial charge is 0.0642 e. The Labute approximate surface area is 123 Å². The normalized spacial score (nSPS) is 10.7. The summed E-state index contributed by atoms with van der Waals surface area (Å²) in [6.07, 6.45) is 0.872. The van der Waals surface area contributed by atoms with Crippen molar-refractivity contribution < 1.29 is 0 Å². The van der Waals surface area contributed by atoms with Gasteiger partial charge in [0.25, 0.3) is 0 Å². The van der Waals surface area contributed by atoms with E-state index in [-0.39, 0.29) is 0 Å². The number of halogens is 1. The molecule has 2 N–H and O–H groups in total. The SMILES string of the molecule is CCN(Cc1cccs1)c1ccc(CCN)cc1Cl. The molecule has 0 atom stereocenters. The molecule has 0 fully saturated rings. The van der Waals surface area contributed by atoms with Crippen molar-refractivity contribution in [1.29, 1.82) is 0 Å². The Morgan fingerprint density at radius 3 is 2.74 bits per heavy atom. The lowest BCUT2D eigenvalue weighted by Crippen LogP contribution is -2.21. The van der Waals surface area contributed by atoms with Gasteiger partial charge >= 0.3 is 0 Å². The number of nitrogens with zero attached hydrogens (tertiary/aromatic N) is 1. The number of thiophene rings is 1. The maximum Gasteiger partial charge on any atom is 0.0642 e. The highest BCUT2D eigenvalue weighted by molar-refractivity contribution is 7.09. The molecule has 1 aromatic heterocycles. The maximum absolute atomic E-state index is 6.40. The van der Waals surface area contributed by atoms with E-state index in [0.29, 0.717) is 6.54 Å². The number of nitrogens with two attached hydrogens (primary N) is 1. The molecular formula is C15H19ClN2S. The molecular weight excluding hydrogens is 276 g/mol. The average Bonchev–Trinajstić information content (AvgIpc) is 2.90. The summed E-state index contributed by atoms with van der Waals surface area (Å²) in [5.41, 5.74) is 7.87. The van der Waals surface area contributed by atoms with E-state index in [2.05, 4.69) is 41.5 Å². The fourth-order valence-corrected chi connectivity index (χ4v) is 3.13. The first-order valence-electron chi connectivity index (χ1n) is 6.50. The third-order valence-corrected chi connectivity index (χ3v) is 4.26. The molecule has 0 saturated heterocycles. The Balaban J connectivity index is 2.18. The van der Waals surface area contributed by atoms with Gasteiger partial charge in [0.1, 0.15) is 0 Å². The lowest BCUT2D eigenvalue weighted by molar-refractivity contribution is 0.841. The molecule has 0 saturated carbocycles. The molecule has 0 aliphatic carbocycles. The van der Waals surface area contributed by atoms with Gasteiger partial charge in [0.05, 0.1) is 17.3 Å². The summed E-state index contributed by atoms with van der Waals surface area (Å²) in [4.78, 5) is 3.64. The Morgan fingerprint density at radius 1 is 1.32 bits per heavy atom. The van der Waals surface area contributed by atoms with Gasteiger partial charge in [0.2, 0.25) is 0 Å². The molecule has 0 bridgehead atoms. The number of benzene rings is 1. The molecule has 4 heteroatoms. The fraction of sp³-hybridized carbons (Fsp3) is 0.333. The van der Waals surface area contributed by atoms with E-state index in [1.165, 1.54) is 10.4 Å². The van der Waals surface area contributed by atoms with Gasteiger partial charge in [-0.05, 0) is 49.0 Å². The van der Waals surface area contributed by atoms with Gasteiger partial charge in [-0.15, -0.1) is 11.3 Å². The highest BCUT2D eigenvalue weighted by Crippen LogP contribution is 2.28. The fourth-order valence-electron chi connectivity index (χ4n) is 2.09. The molecule has 0 spiro atoms. The van der Waals surface area contributed by atoms with Crippen molar-refractivity contribution in [3.8, 4) is 0 Å². The summed E-state index contributed by atoms with van der Waals surface area (Å²) < 4.78 is 0. The van der Waals surface area contributed by atoms with E-state index in [9.17, 15) is 0 Å². The highest BCUT2D eigenvalue weighted by Gasteiger charge is 2.10. The van der Waals surface area contributed by atoms with Crippen LogP contribution in [0.3, 0.4) is 0 Å². The van der Waals surface area contributed by atoms with E-state index in [0.717, 1.165) is 30.2 Å².